The van der Waals surface area contributed by atoms with E-state index in [2.05, 4.69) is 174 Å². The number of benzene rings is 13. The summed E-state index contributed by atoms with van der Waals surface area (Å²) in [5.41, 5.74) is 13.3. The van der Waals surface area contributed by atoms with E-state index in [-0.39, 0.29) is 54.2 Å². The molecule has 9 aliphatic rings. The molecule has 13 aromatic carbocycles. The number of nitrogens with zero attached hydrogens (tertiary/aromatic N) is 4. The number of alkyl halides is 1. The van der Waals surface area contributed by atoms with Gasteiger partial charge in [-0.1, -0.05) is 370 Å². The van der Waals surface area contributed by atoms with Gasteiger partial charge in [0.05, 0.1) is 71.1 Å². The van der Waals surface area contributed by atoms with Crippen molar-refractivity contribution in [1.82, 2.24) is 4.90 Å². The zero-order valence-electron chi connectivity index (χ0n) is 80.9. The van der Waals surface area contributed by atoms with E-state index in [0.717, 1.165) is 118 Å². The Hall–Kier alpha value is -13.6. The van der Waals surface area contributed by atoms with Gasteiger partial charge in [-0.2, -0.15) is 7.57 Å². The Morgan fingerprint density at radius 3 is 1.01 bits per heavy atom. The zero-order valence-corrected chi connectivity index (χ0v) is 85.1. The van der Waals surface area contributed by atoms with Gasteiger partial charge in [0.25, 0.3) is 29.5 Å². The zero-order chi connectivity index (χ0) is 101. The van der Waals surface area contributed by atoms with Gasteiger partial charge in [0.2, 0.25) is 5.91 Å². The molecule has 15 nitrogen and oxygen atoms in total. The van der Waals surface area contributed by atoms with Crippen LogP contribution in [0, 0.1) is 53.5 Å². The third kappa shape index (κ3) is 17.4. The number of fused-ring (bicyclic) bond motifs is 11. The fourth-order valence-electron chi connectivity index (χ4n) is 23.2. The van der Waals surface area contributed by atoms with Gasteiger partial charge in [-0.25, -0.2) is 14.7 Å². The summed E-state index contributed by atoms with van der Waals surface area (Å²) in [6.07, 6.45) is 3.83. The monoisotopic (exact) mass is 2010 g/mol. The molecular weight excluding hydrogens is 1900 g/mol. The van der Waals surface area contributed by atoms with Crippen LogP contribution in [0.5, 0.6) is 0 Å². The van der Waals surface area contributed by atoms with E-state index in [4.69, 9.17) is 9.39 Å². The van der Waals surface area contributed by atoms with E-state index in [0.29, 0.717) is 32.7 Å². The number of rotatable bonds is 14. The van der Waals surface area contributed by atoms with Crippen LogP contribution in [-0.2, 0) is 48.4 Å². The Morgan fingerprint density at radius 1 is 0.383 bits per heavy atom. The smallest absolute Gasteiger partial charge is 0.0623 e. The van der Waals surface area contributed by atoms with Gasteiger partial charge >= 0.3 is 11.3 Å². The number of amides is 6. The Balaban J connectivity index is 0.000000152. The summed E-state index contributed by atoms with van der Waals surface area (Å²) < 4.78 is 11.4. The fourth-order valence-corrected chi connectivity index (χ4v) is 24.8. The molecule has 4 heterocycles. The van der Waals surface area contributed by atoms with Crippen LogP contribution in [0.4, 0.5) is 17.1 Å². The first-order chi connectivity index (χ1) is 68.2. The summed E-state index contributed by atoms with van der Waals surface area (Å²) >= 11 is 6.81. The van der Waals surface area contributed by atoms with Gasteiger partial charge in [-0.15, -0.1) is 0 Å². The largest absolute Gasteiger partial charge is 0.0623 e. The van der Waals surface area contributed by atoms with E-state index in [1.165, 1.54) is 48.4 Å². The minimum atomic E-state index is -1.37. The molecule has 0 N–H and O–H groups in total. The number of Topliss-reactive ketones (excluding diaryl/α,β-unsaturated/α-hetero) is 3. The Labute approximate surface area is 849 Å². The molecule has 6 amide bonds. The molecule has 2 saturated heterocycles. The number of imide groups is 3. The third-order valence-corrected chi connectivity index (χ3v) is 31.5. The van der Waals surface area contributed by atoms with Crippen LogP contribution in [0.3, 0.4) is 0 Å². The molecule has 5 aliphatic carbocycles. The van der Waals surface area contributed by atoms with Crippen LogP contribution in [0.2, 0.25) is 0 Å². The van der Waals surface area contributed by atoms with Crippen molar-refractivity contribution in [3.8, 4) is 22.3 Å². The molecule has 141 heavy (non-hydrogen) atoms. The van der Waals surface area contributed by atoms with Gasteiger partial charge < -0.3 is 18.8 Å². The fraction of sp³-hybridized carbons (Fsp3) is 0.213. The number of hydrogen-bond donors (Lipinski definition) is 0. The summed E-state index contributed by atoms with van der Waals surface area (Å²) in [5, 5.41) is 0. The van der Waals surface area contributed by atoms with Crippen molar-refractivity contribution in [3.05, 3.63) is 448 Å². The van der Waals surface area contributed by atoms with Crippen molar-refractivity contribution in [2.24, 2.45) is 33.0 Å². The topological polar surface area (TPSA) is 196 Å². The van der Waals surface area contributed by atoms with E-state index in [1.54, 1.807) is 60.7 Å². The summed E-state index contributed by atoms with van der Waals surface area (Å²) in [7, 11) is 6.78. The molecule has 0 spiro atoms. The number of allylic oxidation sites excluding steroid dienone is 6. The molecule has 710 valence electrons. The maximum Gasteiger partial charge on any atom is -0.0623 e. The van der Waals surface area contributed by atoms with E-state index in [9.17, 15) is 38.4 Å². The number of anilines is 3. The number of para-hydroxylation sites is 3. The van der Waals surface area contributed by atoms with Crippen LogP contribution >= 0.6 is 41.0 Å². The van der Waals surface area contributed by atoms with Gasteiger partial charge in [0.15, 0.2) is 17.3 Å². The average molecular weight is 2010 g/mol. The summed E-state index contributed by atoms with van der Waals surface area (Å²) in [6, 6.07) is 120. The second-order valence-corrected chi connectivity index (χ2v) is 38.4. The van der Waals surface area contributed by atoms with Crippen molar-refractivity contribution in [1.29, 1.82) is 0 Å². The summed E-state index contributed by atoms with van der Waals surface area (Å²) in [4.78, 5) is 129. The average Bonchev–Trinajstić information content (AvgIpc) is 1.43. The van der Waals surface area contributed by atoms with Crippen LogP contribution in [0.15, 0.2) is 386 Å². The molecule has 4 bridgehead atoms. The van der Waals surface area contributed by atoms with Gasteiger partial charge in [0.1, 0.15) is 4.32 Å². The molecule has 19 heteroatoms. The predicted molar refractivity (Wildman–Crippen MR) is 577 cm³/mol. The van der Waals surface area contributed by atoms with Crippen LogP contribution in [-0.4, -0.2) is 102 Å². The minimum absolute atomic E-state index is 0. The number of hydrogen-bond acceptors (Lipinski definition) is 11. The molecule has 8 unspecified atom stereocenters. The quantitative estimate of drug-likeness (QED) is 0.0251. The van der Waals surface area contributed by atoms with Crippen molar-refractivity contribution in [3.63, 3.8) is 0 Å². The summed E-state index contributed by atoms with van der Waals surface area (Å²) in [6.45, 7) is 32.4. The van der Waals surface area contributed by atoms with Gasteiger partial charge in [-0.05, 0) is 240 Å². The number of carbonyl (C=O) groups is 9. The predicted octanol–water partition coefficient (Wildman–Crippen LogP) is 26.3. The van der Waals surface area contributed by atoms with E-state index < -0.39 is 42.7 Å². The number of ether oxygens (including phenoxy) is 1. The van der Waals surface area contributed by atoms with Crippen molar-refractivity contribution < 1.29 is 54.0 Å². The summed E-state index contributed by atoms with van der Waals surface area (Å²) in [5.74, 6) is -2.63. The molecule has 22 rings (SSSR count). The second-order valence-electron chi connectivity index (χ2n) is 36.3. The third-order valence-electron chi connectivity index (χ3n) is 29.3. The standard InChI is InChI=1S/C38H32O2.C29H22BrNO3.C28H21NO2.C10H6BrNO2.C6H15N.C6H6.C4H8O.CO.BHP.H2/c1-25-30(26-17-9-5-10-18-26)38(29-23-15-8-16-24-29)36(3)32(28-21-13-7-14-22-28)31(27-19-11-6-12-20-27)35(2,34(36)40)37(38,4)33(25)39;1-27-21(18-12-6-3-7-13-18)22(19-14-8-4-9-15-19)28(2,25(27)33)29(30)23(27)24(32)31(26(29)34)20-16-10-5-11-17-20;1-18-23(20-12-6-3-7-13-20)24(21-14-8-4-9-15-21)19(2)26-25(18)27(30)29(28(26)31)22-16-10-5-11-17-22;11-8-6-9(13)12(10(8)14)7-4-2-1-3-5-7;1-4-7(5-2)6-3;1-2-4-6-5-3-1;1-2-4-5-3-1;2*1-2;/h5-24H,1-4H3;3-17,23H,1-2H3;3-17H,1-2H3;1-6H;4-6H2,1-3H3;1-6H;1-4H2;;2H;1H/q;;;;;;;;-1;/i;;;;;;;;;1+1. The molecule has 4 aliphatic heterocycles. The first-order valence-electron chi connectivity index (χ1n) is 47.3. The van der Waals surface area contributed by atoms with Gasteiger partial charge in [-0.3, -0.25) is 43.2 Å². The molecule has 13 aromatic rings. The SMILES string of the molecule is C1CCOC1.CC12C(=O)C(C)(C(c3ccccc3)=C1c1ccccc1)C1(Br)C(=O)N(c3ccccc3)C(=O)C21.CC1=C(c2ccccc2)C2(c3ccccc3)C3(C)C(=O)C(C)(C(c4ccccc4)=C3c3ccccc3)C2(C)C1=O.CCN(CC)CC.Cc1c2c(c(C)c(-c3ccccc3)c1-c1ccccc1)C(=O)N(c1ccccc1)C2=O.O=C1C=C(Br)C(=O)N1c1ccccc1.[2HH].[B][PH-].[C-]#[O+].c1ccccc1. The van der Waals surface area contributed by atoms with E-state index in [1.807, 2.05) is 271 Å². The van der Waals surface area contributed by atoms with Crippen LogP contribution in [0.1, 0.15) is 142 Å². The molecule has 2 saturated carbocycles. The minimum Gasteiger partial charge on any atom is -0.0623 e. The van der Waals surface area contributed by atoms with Crippen molar-refractivity contribution >= 4 is 146 Å². The Morgan fingerprint density at radius 2 is 0.681 bits per heavy atom. The molecule has 8 atom stereocenters. The first kappa shape index (κ1) is 103. The number of ketones is 3. The molecule has 4 fully saturated rings. The van der Waals surface area contributed by atoms with Crippen LogP contribution < -0.4 is 14.7 Å². The second kappa shape index (κ2) is 44.0. The Bertz CT molecular complexity index is 6850. The van der Waals surface area contributed by atoms with Gasteiger partial charge in [0, 0.05) is 20.7 Å². The van der Waals surface area contributed by atoms with Crippen LogP contribution in [0.25, 0.3) is 50.1 Å². The van der Waals surface area contributed by atoms with Crippen molar-refractivity contribution in [2.75, 3.05) is 47.5 Å². The first-order valence-corrected chi connectivity index (χ1v) is 49.5. The molecular formula is C122H113BBr2N4O11P-. The normalized spacial score (nSPS) is 22.6. The van der Waals surface area contributed by atoms with Crippen molar-refractivity contribution in [2.45, 2.75) is 98.7 Å². The number of carbonyl (C=O) groups excluding carboxylic acids is 9. The molecule has 2 radical (unpaired) electrons. The maximum absolute atomic E-state index is 15.4. The Kier molecular flexibility index (Phi) is 32.2. The van der Waals surface area contributed by atoms with E-state index >= 15 is 4.79 Å². The maximum atomic E-state index is 15.4. The molecule has 0 aromatic heterocycles. The number of halogens is 2.